The molecule has 18 heavy (non-hydrogen) atoms. The molecule has 2 heteroatoms. The van der Waals surface area contributed by atoms with Crippen molar-refractivity contribution in [3.63, 3.8) is 0 Å². The summed E-state index contributed by atoms with van der Waals surface area (Å²) in [5, 5.41) is 0. The quantitative estimate of drug-likeness (QED) is 0.562. The Labute approximate surface area is 110 Å². The lowest BCUT2D eigenvalue weighted by atomic mass is 9.61. The highest BCUT2D eigenvalue weighted by molar-refractivity contribution is 5.87. The summed E-state index contributed by atoms with van der Waals surface area (Å²) in [5.74, 6) is 2.49. The first-order valence-electron chi connectivity index (χ1n) is 7.22. The van der Waals surface area contributed by atoms with Gasteiger partial charge in [-0.25, -0.2) is 4.79 Å². The van der Waals surface area contributed by atoms with E-state index in [1.807, 2.05) is 0 Å². The van der Waals surface area contributed by atoms with E-state index in [4.69, 9.17) is 4.74 Å². The van der Waals surface area contributed by atoms with Gasteiger partial charge in [0.2, 0.25) is 0 Å². The topological polar surface area (TPSA) is 26.3 Å². The summed E-state index contributed by atoms with van der Waals surface area (Å²) in [6.45, 7) is 9.64. The number of ether oxygens (including phenoxy) is 1. The normalized spacial score (nSPS) is 41.2. The monoisotopic (exact) mass is 248 g/mol. The van der Waals surface area contributed by atoms with Crippen LogP contribution in [0.25, 0.3) is 0 Å². The van der Waals surface area contributed by atoms with Crippen LogP contribution in [0.5, 0.6) is 0 Å². The zero-order valence-corrected chi connectivity index (χ0v) is 11.8. The molecule has 4 bridgehead atoms. The zero-order valence-electron chi connectivity index (χ0n) is 11.8. The van der Waals surface area contributed by atoms with Gasteiger partial charge in [0.25, 0.3) is 0 Å². The molecule has 4 rings (SSSR count). The van der Waals surface area contributed by atoms with E-state index in [1.54, 1.807) is 6.92 Å². The van der Waals surface area contributed by atoms with Crippen LogP contribution in [0.15, 0.2) is 12.2 Å². The minimum absolute atomic E-state index is 0.225. The fourth-order valence-corrected chi connectivity index (χ4v) is 4.97. The molecule has 4 fully saturated rings. The van der Waals surface area contributed by atoms with Crippen molar-refractivity contribution < 1.29 is 9.53 Å². The first-order chi connectivity index (χ1) is 8.33. The van der Waals surface area contributed by atoms with Crippen LogP contribution >= 0.6 is 0 Å². The van der Waals surface area contributed by atoms with E-state index in [-0.39, 0.29) is 17.0 Å². The summed E-state index contributed by atoms with van der Waals surface area (Å²) < 4.78 is 5.79. The summed E-state index contributed by atoms with van der Waals surface area (Å²) in [7, 11) is 0. The van der Waals surface area contributed by atoms with Gasteiger partial charge in [-0.15, -0.1) is 0 Å². The third-order valence-corrected chi connectivity index (χ3v) is 5.90. The maximum absolute atomic E-state index is 11.8. The highest BCUT2D eigenvalue weighted by Gasteiger charge is 2.62. The van der Waals surface area contributed by atoms with Gasteiger partial charge in [-0.2, -0.15) is 0 Å². The van der Waals surface area contributed by atoms with E-state index in [0.717, 1.165) is 17.8 Å². The molecule has 2 atom stereocenters. The minimum atomic E-state index is -0.338. The molecule has 4 saturated carbocycles. The molecule has 0 amide bonds. The minimum Gasteiger partial charge on any atom is -0.456 e. The Bertz CT molecular complexity index is 388. The van der Waals surface area contributed by atoms with Gasteiger partial charge < -0.3 is 4.74 Å². The molecule has 0 heterocycles. The number of hydrogen-bond acceptors (Lipinski definition) is 2. The summed E-state index contributed by atoms with van der Waals surface area (Å²) in [6, 6.07) is 0. The summed E-state index contributed by atoms with van der Waals surface area (Å²) in [6.07, 6.45) is 6.65. The highest BCUT2D eigenvalue weighted by Crippen LogP contribution is 2.68. The predicted octanol–water partition coefficient (Wildman–Crippen LogP) is 3.71. The average Bonchev–Trinajstić information content (AvgIpc) is 2.66. The van der Waals surface area contributed by atoms with Crippen LogP contribution in [0.3, 0.4) is 0 Å². The van der Waals surface area contributed by atoms with E-state index in [2.05, 4.69) is 20.4 Å². The Kier molecular flexibility index (Phi) is 2.46. The van der Waals surface area contributed by atoms with E-state index >= 15 is 0 Å². The number of esters is 1. The van der Waals surface area contributed by atoms with E-state index in [9.17, 15) is 4.79 Å². The molecule has 4 aliphatic carbocycles. The van der Waals surface area contributed by atoms with Gasteiger partial charge in [-0.1, -0.05) is 6.58 Å². The molecule has 0 N–H and O–H groups in total. The van der Waals surface area contributed by atoms with Crippen LogP contribution in [0, 0.1) is 23.2 Å². The molecule has 4 aliphatic rings. The predicted molar refractivity (Wildman–Crippen MR) is 71.0 cm³/mol. The lowest BCUT2D eigenvalue weighted by Crippen LogP contribution is -2.49. The van der Waals surface area contributed by atoms with Crippen molar-refractivity contribution >= 4 is 5.97 Å². The summed E-state index contributed by atoms with van der Waals surface area (Å²) in [4.78, 5) is 11.8. The van der Waals surface area contributed by atoms with Gasteiger partial charge in [0, 0.05) is 11.0 Å². The largest absolute Gasteiger partial charge is 0.456 e. The maximum atomic E-state index is 11.8. The van der Waals surface area contributed by atoms with Crippen LogP contribution in [0.4, 0.5) is 0 Å². The standard InChI is InChI=1S/C16H24O2/c1-10(2)14(17)18-15(3,4)16-7-11-5-12(8-16)13(6-11)9-16/h11-13H,1,5-9H2,2-4H3. The molecule has 2 unspecified atom stereocenters. The SMILES string of the molecule is C=C(C)C(=O)OC(C)(C)C12CC3CC(C1)C(C3)C2. The van der Waals surface area contributed by atoms with Crippen LogP contribution < -0.4 is 0 Å². The second-order valence-corrected chi connectivity index (χ2v) is 7.43. The summed E-state index contributed by atoms with van der Waals surface area (Å²) >= 11 is 0. The fraction of sp³-hybridized carbons (Fsp3) is 0.812. The fourth-order valence-electron chi connectivity index (χ4n) is 4.97. The van der Waals surface area contributed by atoms with E-state index in [0.29, 0.717) is 5.57 Å². The first kappa shape index (κ1) is 12.3. The van der Waals surface area contributed by atoms with Gasteiger partial charge in [0.05, 0.1) is 0 Å². The molecular weight excluding hydrogens is 224 g/mol. The van der Waals surface area contributed by atoms with E-state index in [1.165, 1.54) is 32.1 Å². The summed E-state index contributed by atoms with van der Waals surface area (Å²) in [5.41, 5.74) is 0.416. The van der Waals surface area contributed by atoms with Crippen molar-refractivity contribution in [3.05, 3.63) is 12.2 Å². The molecule has 0 aromatic carbocycles. The number of carbonyl (C=O) groups excluding carboxylic acids is 1. The first-order valence-corrected chi connectivity index (χ1v) is 7.22. The molecule has 2 nitrogen and oxygen atoms in total. The highest BCUT2D eigenvalue weighted by atomic mass is 16.6. The number of carbonyl (C=O) groups is 1. The molecule has 0 radical (unpaired) electrons. The Morgan fingerprint density at radius 3 is 2.22 bits per heavy atom. The van der Waals surface area contributed by atoms with Crippen LogP contribution in [0.2, 0.25) is 0 Å². The molecule has 0 spiro atoms. The van der Waals surface area contributed by atoms with E-state index < -0.39 is 0 Å². The number of rotatable bonds is 3. The second kappa shape index (κ2) is 3.61. The number of hydrogen-bond donors (Lipinski definition) is 0. The third-order valence-electron chi connectivity index (χ3n) is 5.90. The zero-order chi connectivity index (χ0) is 13.1. The Morgan fingerprint density at radius 2 is 1.78 bits per heavy atom. The van der Waals surface area contributed by atoms with Gasteiger partial charge in [-0.3, -0.25) is 0 Å². The second-order valence-electron chi connectivity index (χ2n) is 7.43. The van der Waals surface area contributed by atoms with Gasteiger partial charge in [0.1, 0.15) is 5.60 Å². The van der Waals surface area contributed by atoms with Crippen LogP contribution in [-0.4, -0.2) is 11.6 Å². The van der Waals surface area contributed by atoms with Crippen molar-refractivity contribution in [1.82, 2.24) is 0 Å². The Morgan fingerprint density at radius 1 is 1.22 bits per heavy atom. The maximum Gasteiger partial charge on any atom is 0.333 e. The van der Waals surface area contributed by atoms with Crippen molar-refractivity contribution in [2.45, 2.75) is 58.5 Å². The molecule has 0 aromatic heterocycles. The van der Waals surface area contributed by atoms with Gasteiger partial charge >= 0.3 is 5.97 Å². The third kappa shape index (κ3) is 1.57. The van der Waals surface area contributed by atoms with Crippen molar-refractivity contribution in [2.75, 3.05) is 0 Å². The van der Waals surface area contributed by atoms with Crippen LogP contribution in [0.1, 0.15) is 52.9 Å². The van der Waals surface area contributed by atoms with Gasteiger partial charge in [0.15, 0.2) is 0 Å². The van der Waals surface area contributed by atoms with Crippen LogP contribution in [-0.2, 0) is 9.53 Å². The van der Waals surface area contributed by atoms with Gasteiger partial charge in [-0.05, 0) is 70.6 Å². The smallest absolute Gasteiger partial charge is 0.333 e. The average molecular weight is 248 g/mol. The Hall–Kier alpha value is -0.790. The molecule has 0 aromatic rings. The molecular formula is C16H24O2. The van der Waals surface area contributed by atoms with Crippen molar-refractivity contribution in [2.24, 2.45) is 23.2 Å². The molecule has 0 saturated heterocycles. The lowest BCUT2D eigenvalue weighted by Gasteiger charge is -2.48. The van der Waals surface area contributed by atoms with Crippen molar-refractivity contribution in [3.8, 4) is 0 Å². The van der Waals surface area contributed by atoms with Crippen molar-refractivity contribution in [1.29, 1.82) is 0 Å². The molecule has 0 aliphatic heterocycles. The lowest BCUT2D eigenvalue weighted by molar-refractivity contribution is -0.171. The Balaban J connectivity index is 1.82. The molecule has 100 valence electrons.